The highest BCUT2D eigenvalue weighted by molar-refractivity contribution is 7.99. The molecule has 26 heavy (non-hydrogen) atoms. The number of halogens is 3. The molecule has 1 heterocycles. The quantitative estimate of drug-likeness (QED) is 0.582. The van der Waals surface area contributed by atoms with Crippen LogP contribution in [-0.2, 0) is 15.7 Å². The Labute approximate surface area is 151 Å². The van der Waals surface area contributed by atoms with Gasteiger partial charge >= 0.3 is 12.1 Å². The summed E-state index contributed by atoms with van der Waals surface area (Å²) in [5.74, 6) is -1.04. The van der Waals surface area contributed by atoms with E-state index in [4.69, 9.17) is 0 Å². The molecule has 0 saturated heterocycles. The number of carbonyl (C=O) groups excluding carboxylic acids is 2. The van der Waals surface area contributed by atoms with Gasteiger partial charge in [0, 0.05) is 7.05 Å². The minimum Gasteiger partial charge on any atom is -0.465 e. The van der Waals surface area contributed by atoms with E-state index in [1.807, 2.05) is 0 Å². The summed E-state index contributed by atoms with van der Waals surface area (Å²) >= 11 is 0.943. The number of anilines is 1. The van der Waals surface area contributed by atoms with E-state index >= 15 is 0 Å². The fourth-order valence-corrected chi connectivity index (χ4v) is 2.69. The smallest absolute Gasteiger partial charge is 0.435 e. The third-order valence-corrected chi connectivity index (χ3v) is 4.22. The molecule has 0 atom stereocenters. The lowest BCUT2D eigenvalue weighted by atomic mass is 10.1. The number of carbonyl (C=O) groups is 2. The molecule has 0 aliphatic carbocycles. The number of nitrogens with zero attached hydrogens (tertiary/aromatic N) is 3. The van der Waals surface area contributed by atoms with E-state index in [1.165, 1.54) is 25.1 Å². The lowest BCUT2D eigenvalue weighted by Crippen LogP contribution is -2.29. The first kappa shape index (κ1) is 19.7. The third-order valence-electron chi connectivity index (χ3n) is 3.32. The van der Waals surface area contributed by atoms with Crippen LogP contribution >= 0.6 is 11.8 Å². The van der Waals surface area contributed by atoms with Crippen molar-refractivity contribution in [3.63, 3.8) is 0 Å². The van der Waals surface area contributed by atoms with Crippen molar-refractivity contribution >= 4 is 29.3 Å². The summed E-state index contributed by atoms with van der Waals surface area (Å²) in [6, 6.07) is 8.37. The van der Waals surface area contributed by atoms with Crippen molar-refractivity contribution < 1.29 is 27.5 Å². The summed E-state index contributed by atoms with van der Waals surface area (Å²) in [5.41, 5.74) is -0.508. The highest BCUT2D eigenvalue weighted by Gasteiger charge is 2.32. The largest absolute Gasteiger partial charge is 0.465 e. The van der Waals surface area contributed by atoms with Crippen LogP contribution in [0.3, 0.4) is 0 Å². The highest BCUT2D eigenvalue weighted by Crippen LogP contribution is 2.28. The van der Waals surface area contributed by atoms with Crippen LogP contribution in [-0.4, -0.2) is 42.0 Å². The summed E-state index contributed by atoms with van der Waals surface area (Å²) in [7, 11) is 2.73. The number of benzene rings is 1. The van der Waals surface area contributed by atoms with Crippen LogP contribution in [0.25, 0.3) is 0 Å². The molecule has 0 radical (unpaired) electrons. The predicted octanol–water partition coefficient (Wildman–Crippen LogP) is 3.04. The number of hydrogen-bond donors (Lipinski definition) is 0. The average Bonchev–Trinajstić information content (AvgIpc) is 2.64. The fraction of sp³-hybridized carbons (Fsp3) is 0.250. The van der Waals surface area contributed by atoms with Gasteiger partial charge in [-0.05, 0) is 24.3 Å². The van der Waals surface area contributed by atoms with Crippen molar-refractivity contribution in [1.82, 2.24) is 10.2 Å². The molecular formula is C16H14F3N3O3S. The Morgan fingerprint density at radius 1 is 1.15 bits per heavy atom. The van der Waals surface area contributed by atoms with E-state index in [-0.39, 0.29) is 22.2 Å². The Morgan fingerprint density at radius 3 is 2.42 bits per heavy atom. The Hall–Kier alpha value is -2.62. The minimum absolute atomic E-state index is 0.0912. The molecule has 1 amide bonds. The van der Waals surface area contributed by atoms with Crippen LogP contribution in [0.4, 0.5) is 18.9 Å². The minimum atomic E-state index is -4.57. The second kappa shape index (κ2) is 8.17. The van der Waals surface area contributed by atoms with Gasteiger partial charge in [0.25, 0.3) is 0 Å². The molecule has 2 aromatic rings. The Bertz CT molecular complexity index is 797. The van der Waals surface area contributed by atoms with Gasteiger partial charge in [-0.2, -0.15) is 13.2 Å². The van der Waals surface area contributed by atoms with Crippen molar-refractivity contribution in [2.45, 2.75) is 11.2 Å². The molecule has 0 aliphatic rings. The Kier molecular flexibility index (Phi) is 6.19. The van der Waals surface area contributed by atoms with E-state index in [2.05, 4.69) is 14.9 Å². The van der Waals surface area contributed by atoms with Crippen LogP contribution in [0.2, 0.25) is 0 Å². The van der Waals surface area contributed by atoms with Gasteiger partial charge in [0.2, 0.25) is 5.91 Å². The summed E-state index contributed by atoms with van der Waals surface area (Å²) < 4.78 is 42.0. The number of alkyl halides is 3. The van der Waals surface area contributed by atoms with Crippen LogP contribution in [0, 0.1) is 0 Å². The molecule has 0 aliphatic heterocycles. The van der Waals surface area contributed by atoms with Crippen LogP contribution in [0.1, 0.15) is 16.1 Å². The first-order chi connectivity index (χ1) is 12.2. The van der Waals surface area contributed by atoms with Crippen LogP contribution in [0.15, 0.2) is 41.4 Å². The maximum atomic E-state index is 12.5. The first-order valence-electron chi connectivity index (χ1n) is 7.21. The SMILES string of the molecule is COC(=O)c1ccccc1N(C)C(=O)CSc1ccc(C(F)(F)F)nn1. The lowest BCUT2D eigenvalue weighted by molar-refractivity contribution is -0.141. The zero-order valence-electron chi connectivity index (χ0n) is 13.8. The van der Waals surface area contributed by atoms with E-state index in [0.717, 1.165) is 23.9 Å². The number of rotatable bonds is 5. The monoisotopic (exact) mass is 385 g/mol. The molecule has 1 aromatic heterocycles. The van der Waals surface area contributed by atoms with Gasteiger partial charge in [-0.1, -0.05) is 23.9 Å². The highest BCUT2D eigenvalue weighted by atomic mass is 32.2. The summed E-state index contributed by atoms with van der Waals surface area (Å²) in [5, 5.41) is 6.74. The molecule has 1 aromatic carbocycles. The average molecular weight is 385 g/mol. The molecule has 0 N–H and O–H groups in total. The molecule has 138 valence electrons. The van der Waals surface area contributed by atoms with Crippen molar-refractivity contribution in [2.75, 3.05) is 24.8 Å². The van der Waals surface area contributed by atoms with E-state index in [0.29, 0.717) is 5.69 Å². The zero-order valence-corrected chi connectivity index (χ0v) is 14.6. The number of methoxy groups -OCH3 is 1. The number of hydrogen-bond acceptors (Lipinski definition) is 6. The molecule has 6 nitrogen and oxygen atoms in total. The van der Waals surface area contributed by atoms with Gasteiger partial charge < -0.3 is 9.64 Å². The zero-order chi connectivity index (χ0) is 19.3. The van der Waals surface area contributed by atoms with Crippen LogP contribution < -0.4 is 4.90 Å². The standard InChI is InChI=1S/C16H14F3N3O3S/c1-22(11-6-4-3-5-10(11)15(24)25-2)14(23)9-26-13-8-7-12(20-21-13)16(17,18)19/h3-8H,9H2,1-2H3. The number of para-hydroxylation sites is 1. The lowest BCUT2D eigenvalue weighted by Gasteiger charge is -2.19. The molecule has 0 fully saturated rings. The number of aromatic nitrogens is 2. The number of thioether (sulfide) groups is 1. The number of ether oxygens (including phenoxy) is 1. The Morgan fingerprint density at radius 2 is 1.85 bits per heavy atom. The molecule has 0 bridgehead atoms. The second-order valence-corrected chi connectivity index (χ2v) is 6.00. The summed E-state index contributed by atoms with van der Waals surface area (Å²) in [4.78, 5) is 25.4. The Balaban J connectivity index is 2.05. The van der Waals surface area contributed by atoms with Gasteiger partial charge in [0.05, 0.1) is 24.1 Å². The molecule has 2 rings (SSSR count). The van der Waals surface area contributed by atoms with E-state index in [9.17, 15) is 22.8 Å². The number of amides is 1. The first-order valence-corrected chi connectivity index (χ1v) is 8.20. The molecule has 0 saturated carbocycles. The maximum Gasteiger partial charge on any atom is 0.435 e. The normalized spacial score (nSPS) is 11.1. The van der Waals surface area contributed by atoms with E-state index in [1.54, 1.807) is 18.2 Å². The summed E-state index contributed by atoms with van der Waals surface area (Å²) in [6.07, 6.45) is -4.57. The third kappa shape index (κ3) is 4.72. The van der Waals surface area contributed by atoms with Gasteiger partial charge in [0.1, 0.15) is 5.03 Å². The van der Waals surface area contributed by atoms with Crippen molar-refractivity contribution in [2.24, 2.45) is 0 Å². The molecular weight excluding hydrogens is 371 g/mol. The van der Waals surface area contributed by atoms with Gasteiger partial charge in [-0.15, -0.1) is 10.2 Å². The predicted molar refractivity (Wildman–Crippen MR) is 88.9 cm³/mol. The van der Waals surface area contributed by atoms with Gasteiger partial charge in [-0.25, -0.2) is 4.79 Å². The van der Waals surface area contributed by atoms with Crippen molar-refractivity contribution in [3.8, 4) is 0 Å². The van der Waals surface area contributed by atoms with Crippen molar-refractivity contribution in [3.05, 3.63) is 47.7 Å². The van der Waals surface area contributed by atoms with Crippen molar-refractivity contribution in [1.29, 1.82) is 0 Å². The van der Waals surface area contributed by atoms with Crippen LogP contribution in [0.5, 0.6) is 0 Å². The second-order valence-electron chi connectivity index (χ2n) is 5.00. The fourth-order valence-electron chi connectivity index (χ4n) is 1.96. The topological polar surface area (TPSA) is 72.4 Å². The van der Waals surface area contributed by atoms with Gasteiger partial charge in [-0.3, -0.25) is 4.79 Å². The maximum absolute atomic E-state index is 12.5. The van der Waals surface area contributed by atoms with E-state index < -0.39 is 17.8 Å². The molecule has 0 unspecified atom stereocenters. The molecule has 0 spiro atoms. The summed E-state index contributed by atoms with van der Waals surface area (Å²) in [6.45, 7) is 0. The number of esters is 1. The van der Waals surface area contributed by atoms with Gasteiger partial charge in [0.15, 0.2) is 5.69 Å². The molecule has 10 heteroatoms.